The molecule has 0 spiro atoms. The van der Waals surface area contributed by atoms with Crippen molar-refractivity contribution in [2.45, 2.75) is 51.9 Å². The minimum atomic E-state index is -4.75. The van der Waals surface area contributed by atoms with E-state index in [4.69, 9.17) is 0 Å². The van der Waals surface area contributed by atoms with Crippen LogP contribution in [0.4, 0.5) is 23.4 Å². The van der Waals surface area contributed by atoms with Gasteiger partial charge in [-0.05, 0) is 57.9 Å². The Hall–Kier alpha value is -3.54. The lowest BCUT2D eigenvalue weighted by atomic mass is 9.90. The lowest BCUT2D eigenvalue weighted by Gasteiger charge is -2.25. The first-order valence-corrected chi connectivity index (χ1v) is 11.7. The number of amides is 1. The first kappa shape index (κ1) is 26.5. The van der Waals surface area contributed by atoms with E-state index in [9.17, 15) is 32.3 Å². The summed E-state index contributed by atoms with van der Waals surface area (Å²) in [6, 6.07) is 1.76. The predicted octanol–water partition coefficient (Wildman–Crippen LogP) is 4.19. The number of aryl methyl sites for hydroxylation is 1. The molecule has 8 nitrogen and oxygen atoms in total. The summed E-state index contributed by atoms with van der Waals surface area (Å²) in [6.07, 6.45) is -3.00. The molecule has 0 unspecified atom stereocenters. The van der Waals surface area contributed by atoms with Crippen LogP contribution in [0.1, 0.15) is 60.5 Å². The Bertz CT molecular complexity index is 1410. The molecule has 3 N–H and O–H groups in total. The second-order valence-electron chi connectivity index (χ2n) is 9.92. The summed E-state index contributed by atoms with van der Waals surface area (Å²) in [6.45, 7) is 6.90. The highest BCUT2D eigenvalue weighted by atomic mass is 19.4. The number of aromatic nitrogens is 3. The van der Waals surface area contributed by atoms with Crippen LogP contribution in [-0.4, -0.2) is 49.6 Å². The van der Waals surface area contributed by atoms with E-state index in [-0.39, 0.29) is 39.6 Å². The summed E-state index contributed by atoms with van der Waals surface area (Å²) in [5.41, 5.74) is -2.97. The number of halogens is 4. The SMILES string of the molecule is Cc1nc2cc(C(F)(F)F)c([C@H](C)Nc3ncc(C(=O)N4CC[C@@H](C(C)(C)O)C4)cc3F)cc2c(=O)[nH]1. The van der Waals surface area contributed by atoms with Crippen LogP contribution in [0.5, 0.6) is 0 Å². The zero-order chi connectivity index (χ0) is 27.3. The van der Waals surface area contributed by atoms with Crippen LogP contribution in [-0.2, 0) is 6.18 Å². The van der Waals surface area contributed by atoms with Gasteiger partial charge in [0.1, 0.15) is 5.82 Å². The standard InChI is InChI=1S/C25H27F4N5O3/c1-12(16-8-17-20(9-18(16)25(27,28)29)32-13(2)33-22(17)35)31-21-19(26)7-14(10-30-21)23(36)34-6-5-15(11-34)24(3,4)37/h7-10,12,15,37H,5-6,11H2,1-4H3,(H,30,31)(H,32,33,35)/t12-,15+/m0/s1. The fourth-order valence-corrected chi connectivity index (χ4v) is 4.57. The normalized spacial score (nSPS) is 17.3. The molecule has 0 saturated carbocycles. The van der Waals surface area contributed by atoms with Crippen molar-refractivity contribution in [3.63, 3.8) is 0 Å². The van der Waals surface area contributed by atoms with Gasteiger partial charge in [-0.2, -0.15) is 13.2 Å². The number of fused-ring (bicyclic) bond motifs is 1. The third kappa shape index (κ3) is 5.43. The average Bonchev–Trinajstić information content (AvgIpc) is 3.29. The van der Waals surface area contributed by atoms with E-state index in [1.807, 2.05) is 0 Å². The Morgan fingerprint density at radius 2 is 1.97 bits per heavy atom. The van der Waals surface area contributed by atoms with Crippen LogP contribution in [0.25, 0.3) is 10.9 Å². The molecular formula is C25H27F4N5O3. The molecule has 4 rings (SSSR count). The largest absolute Gasteiger partial charge is 0.416 e. The van der Waals surface area contributed by atoms with Gasteiger partial charge in [0, 0.05) is 25.2 Å². The van der Waals surface area contributed by atoms with Crippen molar-refractivity contribution in [2.75, 3.05) is 18.4 Å². The van der Waals surface area contributed by atoms with Gasteiger partial charge in [-0.25, -0.2) is 14.4 Å². The number of aromatic amines is 1. The number of H-pyrrole nitrogens is 1. The fraction of sp³-hybridized carbons (Fsp3) is 0.440. The number of carbonyl (C=O) groups excluding carboxylic acids is 1. The van der Waals surface area contributed by atoms with Gasteiger partial charge < -0.3 is 20.3 Å². The molecule has 1 amide bonds. The quantitative estimate of drug-likeness (QED) is 0.435. The molecule has 2 atom stereocenters. The van der Waals surface area contributed by atoms with Crippen molar-refractivity contribution in [1.29, 1.82) is 0 Å². The number of rotatable bonds is 5. The third-order valence-electron chi connectivity index (χ3n) is 6.68. The molecule has 0 bridgehead atoms. The monoisotopic (exact) mass is 521 g/mol. The van der Waals surface area contributed by atoms with Gasteiger partial charge >= 0.3 is 6.18 Å². The Kier molecular flexibility index (Phi) is 6.74. The van der Waals surface area contributed by atoms with Gasteiger partial charge in [-0.1, -0.05) is 0 Å². The first-order valence-electron chi connectivity index (χ1n) is 11.7. The Morgan fingerprint density at radius 1 is 1.27 bits per heavy atom. The van der Waals surface area contributed by atoms with E-state index in [1.165, 1.54) is 18.7 Å². The second kappa shape index (κ2) is 9.40. The van der Waals surface area contributed by atoms with E-state index >= 15 is 0 Å². The number of alkyl halides is 3. The van der Waals surface area contributed by atoms with Gasteiger partial charge in [-0.3, -0.25) is 9.59 Å². The van der Waals surface area contributed by atoms with Gasteiger partial charge in [0.2, 0.25) is 0 Å². The zero-order valence-corrected chi connectivity index (χ0v) is 20.7. The summed E-state index contributed by atoms with van der Waals surface area (Å²) in [7, 11) is 0. The molecular weight excluding hydrogens is 494 g/mol. The molecule has 0 radical (unpaired) electrons. The molecule has 1 aliphatic heterocycles. The van der Waals surface area contributed by atoms with Crippen molar-refractivity contribution in [1.82, 2.24) is 19.9 Å². The Labute approximate surface area is 209 Å². The van der Waals surface area contributed by atoms with Gasteiger partial charge in [0.15, 0.2) is 11.6 Å². The Morgan fingerprint density at radius 3 is 2.57 bits per heavy atom. The molecule has 0 aliphatic carbocycles. The van der Waals surface area contributed by atoms with E-state index in [0.717, 1.165) is 24.4 Å². The van der Waals surface area contributed by atoms with Gasteiger partial charge in [0.25, 0.3) is 11.5 Å². The number of anilines is 1. The summed E-state index contributed by atoms with van der Waals surface area (Å²) in [5.74, 6) is -1.65. The number of likely N-dealkylation sites (tertiary alicyclic amines) is 1. The van der Waals surface area contributed by atoms with E-state index in [1.54, 1.807) is 13.8 Å². The molecule has 2 aromatic heterocycles. The molecule has 37 heavy (non-hydrogen) atoms. The maximum absolute atomic E-state index is 14.9. The number of hydrogen-bond donors (Lipinski definition) is 3. The molecule has 1 fully saturated rings. The van der Waals surface area contributed by atoms with Crippen LogP contribution < -0.4 is 10.9 Å². The fourth-order valence-electron chi connectivity index (χ4n) is 4.57. The number of benzene rings is 1. The number of pyridine rings is 1. The molecule has 3 aromatic rings. The van der Waals surface area contributed by atoms with Crippen LogP contribution in [0.2, 0.25) is 0 Å². The molecule has 1 saturated heterocycles. The highest BCUT2D eigenvalue weighted by Crippen LogP contribution is 2.37. The Balaban J connectivity index is 1.60. The molecule has 1 aliphatic rings. The molecule has 12 heteroatoms. The van der Waals surface area contributed by atoms with Gasteiger partial charge in [0.05, 0.1) is 33.7 Å². The summed E-state index contributed by atoms with van der Waals surface area (Å²) >= 11 is 0. The van der Waals surface area contributed by atoms with Crippen molar-refractivity contribution < 1.29 is 27.5 Å². The van der Waals surface area contributed by atoms with Crippen LogP contribution in [0.15, 0.2) is 29.2 Å². The number of nitrogens with one attached hydrogen (secondary N) is 2. The second-order valence-corrected chi connectivity index (χ2v) is 9.92. The van der Waals surface area contributed by atoms with Crippen molar-refractivity contribution in [3.05, 3.63) is 63.1 Å². The summed E-state index contributed by atoms with van der Waals surface area (Å²) < 4.78 is 56.5. The first-order chi connectivity index (χ1) is 17.1. The molecule has 1 aromatic carbocycles. The van der Waals surface area contributed by atoms with Crippen molar-refractivity contribution in [2.24, 2.45) is 5.92 Å². The number of aliphatic hydroxyl groups is 1. The van der Waals surface area contributed by atoms with Crippen molar-refractivity contribution >= 4 is 22.6 Å². The van der Waals surface area contributed by atoms with E-state index in [2.05, 4.69) is 20.3 Å². The van der Waals surface area contributed by atoms with E-state index in [0.29, 0.717) is 19.5 Å². The third-order valence-corrected chi connectivity index (χ3v) is 6.68. The smallest absolute Gasteiger partial charge is 0.390 e. The topological polar surface area (TPSA) is 111 Å². The lowest BCUT2D eigenvalue weighted by molar-refractivity contribution is -0.138. The number of nitrogens with zero attached hydrogens (tertiary/aromatic N) is 3. The lowest BCUT2D eigenvalue weighted by Crippen LogP contribution is -2.35. The minimum Gasteiger partial charge on any atom is -0.390 e. The van der Waals surface area contributed by atoms with Crippen LogP contribution in [0.3, 0.4) is 0 Å². The number of hydrogen-bond acceptors (Lipinski definition) is 6. The van der Waals surface area contributed by atoms with Crippen LogP contribution in [0, 0.1) is 18.7 Å². The van der Waals surface area contributed by atoms with Crippen molar-refractivity contribution in [3.8, 4) is 0 Å². The minimum absolute atomic E-state index is 0.0123. The molecule has 198 valence electrons. The van der Waals surface area contributed by atoms with E-state index < -0.39 is 40.7 Å². The van der Waals surface area contributed by atoms with Crippen LogP contribution >= 0.6 is 0 Å². The highest BCUT2D eigenvalue weighted by molar-refractivity contribution is 5.94. The predicted molar refractivity (Wildman–Crippen MR) is 129 cm³/mol. The highest BCUT2D eigenvalue weighted by Gasteiger charge is 2.37. The maximum Gasteiger partial charge on any atom is 0.416 e. The number of carbonyl (C=O) groups is 1. The summed E-state index contributed by atoms with van der Waals surface area (Å²) in [4.78, 5) is 37.0. The maximum atomic E-state index is 14.9. The average molecular weight is 522 g/mol. The van der Waals surface area contributed by atoms with Gasteiger partial charge in [-0.15, -0.1) is 0 Å². The zero-order valence-electron chi connectivity index (χ0n) is 20.7. The summed E-state index contributed by atoms with van der Waals surface area (Å²) in [5, 5.41) is 12.8. The molecule has 3 heterocycles.